The Kier molecular flexibility index (Phi) is 4.84. The molecule has 0 bridgehead atoms. The molecule has 2 rings (SSSR count). The van der Waals surface area contributed by atoms with Crippen molar-refractivity contribution in [2.75, 3.05) is 18.9 Å². The van der Waals surface area contributed by atoms with Crippen molar-refractivity contribution in [3.05, 3.63) is 28.5 Å². The Labute approximate surface area is 126 Å². The molecule has 0 aliphatic carbocycles. The van der Waals surface area contributed by atoms with Gasteiger partial charge in [-0.15, -0.1) is 0 Å². The molecule has 0 radical (unpaired) electrons. The molecule has 0 spiro atoms. The number of anilines is 1. The molecule has 21 heavy (non-hydrogen) atoms. The van der Waals surface area contributed by atoms with E-state index < -0.39 is 12.8 Å². The fraction of sp³-hybridized carbons (Fsp3) is 0.333. The maximum atomic E-state index is 11.9. The molecule has 5 nitrogen and oxygen atoms in total. The van der Waals surface area contributed by atoms with Crippen LogP contribution in [0.4, 0.5) is 18.9 Å². The molecule has 0 amide bonds. The fourth-order valence-electron chi connectivity index (χ4n) is 1.48. The monoisotopic (exact) mass is 365 g/mol. The van der Waals surface area contributed by atoms with Crippen molar-refractivity contribution in [2.24, 2.45) is 0 Å². The van der Waals surface area contributed by atoms with Crippen molar-refractivity contribution in [3.8, 4) is 11.5 Å². The van der Waals surface area contributed by atoms with Gasteiger partial charge in [-0.05, 0) is 34.1 Å². The number of hydrogen-bond donors (Lipinski definition) is 1. The molecular formula is C12H11BrF3N3O2. The minimum atomic E-state index is -4.33. The lowest BCUT2D eigenvalue weighted by molar-refractivity contribution is -0.173. The van der Waals surface area contributed by atoms with E-state index in [9.17, 15) is 13.2 Å². The van der Waals surface area contributed by atoms with Gasteiger partial charge in [-0.3, -0.25) is 0 Å². The molecule has 0 fully saturated rings. The van der Waals surface area contributed by atoms with Gasteiger partial charge in [0.25, 0.3) is 5.89 Å². The maximum Gasteiger partial charge on any atom is 0.411 e. The number of nitrogens with zero attached hydrogens (tertiary/aromatic N) is 2. The average molecular weight is 366 g/mol. The minimum Gasteiger partial charge on any atom is -0.398 e. The SMILES string of the molecule is Nc1ccc(-c2nc(CCOCC(F)(F)F)no2)cc1Br. The highest BCUT2D eigenvalue weighted by Gasteiger charge is 2.27. The van der Waals surface area contributed by atoms with Gasteiger partial charge < -0.3 is 15.0 Å². The number of alkyl halides is 3. The number of hydrogen-bond acceptors (Lipinski definition) is 5. The second kappa shape index (κ2) is 6.44. The maximum absolute atomic E-state index is 11.9. The Balaban J connectivity index is 1.93. The molecule has 2 N–H and O–H groups in total. The molecule has 114 valence electrons. The average Bonchev–Trinajstić information content (AvgIpc) is 2.86. The molecular weight excluding hydrogens is 355 g/mol. The standard InChI is InChI=1S/C12H11BrF3N3O2/c13-8-5-7(1-2-9(8)17)11-18-10(19-21-11)3-4-20-6-12(14,15)16/h1-2,5H,3-4,6,17H2. The summed E-state index contributed by atoms with van der Waals surface area (Å²) in [6.07, 6.45) is -4.20. The van der Waals surface area contributed by atoms with Crippen LogP contribution in [0, 0.1) is 0 Å². The van der Waals surface area contributed by atoms with E-state index in [1.54, 1.807) is 18.2 Å². The number of rotatable bonds is 5. The lowest BCUT2D eigenvalue weighted by atomic mass is 10.2. The van der Waals surface area contributed by atoms with Gasteiger partial charge in [0.2, 0.25) is 0 Å². The lowest BCUT2D eigenvalue weighted by Gasteiger charge is -2.05. The van der Waals surface area contributed by atoms with Crippen LogP contribution in [0.25, 0.3) is 11.5 Å². The normalized spacial score (nSPS) is 11.8. The van der Waals surface area contributed by atoms with Crippen LogP contribution in [-0.4, -0.2) is 29.5 Å². The third-order valence-electron chi connectivity index (χ3n) is 2.45. The van der Waals surface area contributed by atoms with E-state index >= 15 is 0 Å². The molecule has 1 aromatic carbocycles. The van der Waals surface area contributed by atoms with Crippen LogP contribution in [0.1, 0.15) is 5.82 Å². The largest absolute Gasteiger partial charge is 0.411 e. The van der Waals surface area contributed by atoms with Crippen LogP contribution in [-0.2, 0) is 11.2 Å². The lowest BCUT2D eigenvalue weighted by Crippen LogP contribution is -2.18. The Morgan fingerprint density at radius 3 is 2.76 bits per heavy atom. The van der Waals surface area contributed by atoms with Crippen molar-refractivity contribution in [1.29, 1.82) is 0 Å². The molecule has 1 aromatic heterocycles. The fourth-order valence-corrected chi connectivity index (χ4v) is 1.86. The minimum absolute atomic E-state index is 0.135. The number of halogens is 4. The Bertz CT molecular complexity index is 616. The molecule has 1 heterocycles. The first kappa shape index (κ1) is 15.8. The van der Waals surface area contributed by atoms with E-state index in [0.29, 0.717) is 15.7 Å². The molecule has 0 atom stereocenters. The smallest absolute Gasteiger partial charge is 0.398 e. The summed E-state index contributed by atoms with van der Waals surface area (Å²) < 4.78 is 45.9. The van der Waals surface area contributed by atoms with E-state index in [0.717, 1.165) is 0 Å². The summed E-state index contributed by atoms with van der Waals surface area (Å²) in [6.45, 7) is -1.42. The van der Waals surface area contributed by atoms with Crippen LogP contribution >= 0.6 is 15.9 Å². The Morgan fingerprint density at radius 2 is 2.10 bits per heavy atom. The second-order valence-electron chi connectivity index (χ2n) is 4.17. The van der Waals surface area contributed by atoms with E-state index in [1.165, 1.54) is 0 Å². The zero-order valence-corrected chi connectivity index (χ0v) is 12.2. The Hall–Kier alpha value is -1.61. The van der Waals surface area contributed by atoms with Crippen LogP contribution < -0.4 is 5.73 Å². The van der Waals surface area contributed by atoms with Crippen molar-refractivity contribution in [2.45, 2.75) is 12.6 Å². The van der Waals surface area contributed by atoms with Gasteiger partial charge in [-0.1, -0.05) is 5.16 Å². The van der Waals surface area contributed by atoms with Crippen molar-refractivity contribution < 1.29 is 22.4 Å². The summed E-state index contributed by atoms with van der Waals surface area (Å²) >= 11 is 3.28. The summed E-state index contributed by atoms with van der Waals surface area (Å²) in [7, 11) is 0. The van der Waals surface area contributed by atoms with Crippen molar-refractivity contribution in [1.82, 2.24) is 10.1 Å². The zero-order valence-electron chi connectivity index (χ0n) is 10.7. The molecule has 0 aliphatic heterocycles. The van der Waals surface area contributed by atoms with Gasteiger partial charge >= 0.3 is 6.18 Å². The molecule has 0 aliphatic rings. The van der Waals surface area contributed by atoms with Crippen LogP contribution in [0.3, 0.4) is 0 Å². The number of benzene rings is 1. The highest BCUT2D eigenvalue weighted by molar-refractivity contribution is 9.10. The molecule has 2 aromatic rings. The number of nitrogens with two attached hydrogens (primary N) is 1. The van der Waals surface area contributed by atoms with Gasteiger partial charge in [0, 0.05) is 22.1 Å². The highest BCUT2D eigenvalue weighted by Crippen LogP contribution is 2.26. The van der Waals surface area contributed by atoms with Gasteiger partial charge in [0.1, 0.15) is 6.61 Å². The molecule has 0 saturated heterocycles. The molecule has 0 saturated carbocycles. The van der Waals surface area contributed by atoms with Crippen LogP contribution in [0.2, 0.25) is 0 Å². The summed E-state index contributed by atoms with van der Waals surface area (Å²) in [5.74, 6) is 0.543. The van der Waals surface area contributed by atoms with Crippen molar-refractivity contribution in [3.63, 3.8) is 0 Å². The third kappa shape index (κ3) is 4.71. The summed E-state index contributed by atoms with van der Waals surface area (Å²) in [5, 5.41) is 3.68. The van der Waals surface area contributed by atoms with Gasteiger partial charge in [0.05, 0.1) is 6.61 Å². The topological polar surface area (TPSA) is 74.2 Å². The summed E-state index contributed by atoms with van der Waals surface area (Å²) in [6, 6.07) is 5.10. The van der Waals surface area contributed by atoms with E-state index in [-0.39, 0.29) is 24.7 Å². The zero-order chi connectivity index (χ0) is 15.5. The Morgan fingerprint density at radius 1 is 1.33 bits per heavy atom. The predicted molar refractivity (Wildman–Crippen MR) is 72.4 cm³/mol. The van der Waals surface area contributed by atoms with Crippen molar-refractivity contribution >= 4 is 21.6 Å². The predicted octanol–water partition coefficient (Wildman–Crippen LogP) is 3.20. The number of aromatic nitrogens is 2. The first-order valence-electron chi connectivity index (χ1n) is 5.87. The van der Waals surface area contributed by atoms with Gasteiger partial charge in [-0.25, -0.2) is 0 Å². The number of ether oxygens (including phenoxy) is 1. The van der Waals surface area contributed by atoms with Crippen LogP contribution in [0.5, 0.6) is 0 Å². The first-order valence-corrected chi connectivity index (χ1v) is 6.67. The molecule has 9 heteroatoms. The van der Waals surface area contributed by atoms with Crippen LogP contribution in [0.15, 0.2) is 27.2 Å². The first-order chi connectivity index (χ1) is 9.85. The summed E-state index contributed by atoms with van der Waals surface area (Å²) in [4.78, 5) is 4.08. The van der Waals surface area contributed by atoms with E-state index in [1.807, 2.05) is 0 Å². The van der Waals surface area contributed by atoms with E-state index in [2.05, 4.69) is 30.8 Å². The van der Waals surface area contributed by atoms with Gasteiger partial charge in [-0.2, -0.15) is 18.2 Å². The number of nitrogen functional groups attached to an aromatic ring is 1. The van der Waals surface area contributed by atoms with Gasteiger partial charge in [0.15, 0.2) is 5.82 Å². The second-order valence-corrected chi connectivity index (χ2v) is 5.02. The quantitative estimate of drug-likeness (QED) is 0.650. The third-order valence-corrected chi connectivity index (χ3v) is 3.14. The molecule has 0 unspecified atom stereocenters. The highest BCUT2D eigenvalue weighted by atomic mass is 79.9. The summed E-state index contributed by atoms with van der Waals surface area (Å²) in [5.41, 5.74) is 6.89. The van der Waals surface area contributed by atoms with E-state index in [4.69, 9.17) is 10.3 Å².